The summed E-state index contributed by atoms with van der Waals surface area (Å²) in [6, 6.07) is 3.99. The van der Waals surface area contributed by atoms with Gasteiger partial charge in [-0.3, -0.25) is 0 Å². The molecule has 0 amide bonds. The molecule has 1 heterocycles. The lowest BCUT2D eigenvalue weighted by molar-refractivity contribution is 0.472. The molecule has 6 nitrogen and oxygen atoms in total. The van der Waals surface area contributed by atoms with E-state index in [9.17, 15) is 21.2 Å². The maximum absolute atomic E-state index is 12.8. The van der Waals surface area contributed by atoms with Crippen LogP contribution in [0.4, 0.5) is 4.39 Å². The number of benzene rings is 1. The number of nitrogens with zero attached hydrogens (tertiary/aromatic N) is 1. The fraction of sp³-hybridized carbons (Fsp3) is 0.455. The Bertz CT molecular complexity index is 686. The predicted molar refractivity (Wildman–Crippen MR) is 71.5 cm³/mol. The second kappa shape index (κ2) is 5.40. The molecule has 1 atom stereocenters. The minimum absolute atomic E-state index is 0.0447. The van der Waals surface area contributed by atoms with E-state index in [4.69, 9.17) is 0 Å². The van der Waals surface area contributed by atoms with Crippen LogP contribution in [0, 0.1) is 5.82 Å². The molecule has 1 N–H and O–H groups in total. The highest BCUT2D eigenvalue weighted by Gasteiger charge is 2.31. The number of hydrogen-bond acceptors (Lipinski definition) is 4. The average Bonchev–Trinajstić information content (AvgIpc) is 2.77. The summed E-state index contributed by atoms with van der Waals surface area (Å²) in [5.74, 6) is -0.520. The van der Waals surface area contributed by atoms with Crippen molar-refractivity contribution in [1.82, 2.24) is 9.03 Å². The van der Waals surface area contributed by atoms with Crippen molar-refractivity contribution in [2.45, 2.75) is 17.4 Å². The largest absolute Gasteiger partial charge is 0.240 e. The standard InChI is InChI=1S/C11H15FN2O4S2/c1-19(15,16)14-7-6-10(8-14)13-20(17,18)11-4-2-9(12)3-5-11/h2-5,10,13H,6-8H2,1H3. The molecule has 0 aliphatic carbocycles. The first-order valence-electron chi connectivity index (χ1n) is 5.91. The molecule has 0 spiro atoms. The first-order valence-corrected chi connectivity index (χ1v) is 9.25. The molecule has 1 aromatic rings. The molecular formula is C11H15FN2O4S2. The van der Waals surface area contributed by atoms with Gasteiger partial charge in [-0.2, -0.15) is 0 Å². The van der Waals surface area contributed by atoms with E-state index in [0.717, 1.165) is 18.4 Å². The third-order valence-electron chi connectivity index (χ3n) is 3.07. The highest BCUT2D eigenvalue weighted by atomic mass is 32.2. The van der Waals surface area contributed by atoms with Gasteiger partial charge >= 0.3 is 0 Å². The third kappa shape index (κ3) is 3.54. The summed E-state index contributed by atoms with van der Waals surface area (Å²) in [5.41, 5.74) is 0. The molecule has 20 heavy (non-hydrogen) atoms. The van der Waals surface area contributed by atoms with Gasteiger partial charge in [0.15, 0.2) is 0 Å². The lowest BCUT2D eigenvalue weighted by Gasteiger charge is -2.14. The Kier molecular flexibility index (Phi) is 4.14. The van der Waals surface area contributed by atoms with Gasteiger partial charge in [0.25, 0.3) is 0 Å². The predicted octanol–water partition coefficient (Wildman–Crippen LogP) is 0.138. The van der Waals surface area contributed by atoms with Gasteiger partial charge in [0.05, 0.1) is 11.2 Å². The van der Waals surface area contributed by atoms with Gasteiger partial charge in [-0.15, -0.1) is 0 Å². The Balaban J connectivity index is 2.09. The Morgan fingerprint density at radius 3 is 2.30 bits per heavy atom. The number of halogens is 1. The van der Waals surface area contributed by atoms with Gasteiger partial charge in [0.1, 0.15) is 5.82 Å². The number of nitrogens with one attached hydrogen (secondary N) is 1. The van der Waals surface area contributed by atoms with Crippen LogP contribution in [0.5, 0.6) is 0 Å². The molecule has 1 unspecified atom stereocenters. The topological polar surface area (TPSA) is 83.6 Å². The van der Waals surface area contributed by atoms with E-state index >= 15 is 0 Å². The molecule has 0 bridgehead atoms. The zero-order valence-corrected chi connectivity index (χ0v) is 12.4. The molecular weight excluding hydrogens is 307 g/mol. The van der Waals surface area contributed by atoms with Crippen molar-refractivity contribution in [2.24, 2.45) is 0 Å². The summed E-state index contributed by atoms with van der Waals surface area (Å²) < 4.78 is 63.3. The van der Waals surface area contributed by atoms with E-state index in [-0.39, 0.29) is 18.0 Å². The molecule has 9 heteroatoms. The SMILES string of the molecule is CS(=O)(=O)N1CCC(NS(=O)(=O)c2ccc(F)cc2)C1. The highest BCUT2D eigenvalue weighted by molar-refractivity contribution is 7.89. The maximum atomic E-state index is 12.8. The summed E-state index contributed by atoms with van der Waals surface area (Å²) >= 11 is 0. The molecule has 0 aromatic heterocycles. The van der Waals surface area contributed by atoms with Crippen molar-refractivity contribution in [3.8, 4) is 0 Å². The smallest absolute Gasteiger partial charge is 0.213 e. The van der Waals surface area contributed by atoms with E-state index < -0.39 is 31.9 Å². The van der Waals surface area contributed by atoms with Crippen molar-refractivity contribution in [3.05, 3.63) is 30.1 Å². The van der Waals surface area contributed by atoms with Gasteiger partial charge in [-0.1, -0.05) is 0 Å². The van der Waals surface area contributed by atoms with E-state index in [2.05, 4.69) is 4.72 Å². The molecule has 1 saturated heterocycles. The van der Waals surface area contributed by atoms with E-state index in [1.807, 2.05) is 0 Å². The maximum Gasteiger partial charge on any atom is 0.240 e. The summed E-state index contributed by atoms with van der Waals surface area (Å²) in [5, 5.41) is 0. The van der Waals surface area contributed by atoms with E-state index in [1.54, 1.807) is 0 Å². The Morgan fingerprint density at radius 2 is 1.80 bits per heavy atom. The van der Waals surface area contributed by atoms with Crippen molar-refractivity contribution < 1.29 is 21.2 Å². The molecule has 0 saturated carbocycles. The van der Waals surface area contributed by atoms with Crippen LogP contribution in [0.1, 0.15) is 6.42 Å². The molecule has 1 fully saturated rings. The Hall–Kier alpha value is -1.03. The normalized spacial score (nSPS) is 21.2. The van der Waals surface area contributed by atoms with Gasteiger partial charge < -0.3 is 0 Å². The third-order valence-corrected chi connectivity index (χ3v) is 5.87. The van der Waals surface area contributed by atoms with Gasteiger partial charge in [0.2, 0.25) is 20.0 Å². The number of rotatable bonds is 4. The molecule has 1 aromatic carbocycles. The van der Waals surface area contributed by atoms with Crippen molar-refractivity contribution >= 4 is 20.0 Å². The fourth-order valence-corrected chi connectivity index (χ4v) is 4.18. The molecule has 2 rings (SSSR count). The van der Waals surface area contributed by atoms with Crippen molar-refractivity contribution in [1.29, 1.82) is 0 Å². The van der Waals surface area contributed by atoms with Crippen LogP contribution in [-0.2, 0) is 20.0 Å². The Labute approximate surface area is 117 Å². The van der Waals surface area contributed by atoms with Crippen LogP contribution < -0.4 is 4.72 Å². The van der Waals surface area contributed by atoms with Crippen LogP contribution in [-0.4, -0.2) is 46.5 Å². The lowest BCUT2D eigenvalue weighted by Crippen LogP contribution is -2.38. The number of hydrogen-bond donors (Lipinski definition) is 1. The zero-order valence-electron chi connectivity index (χ0n) is 10.8. The lowest BCUT2D eigenvalue weighted by atomic mass is 10.3. The van der Waals surface area contributed by atoms with Crippen LogP contribution >= 0.6 is 0 Å². The van der Waals surface area contributed by atoms with Crippen molar-refractivity contribution in [3.63, 3.8) is 0 Å². The number of sulfonamides is 2. The second-order valence-electron chi connectivity index (χ2n) is 4.68. The molecule has 1 aliphatic heterocycles. The summed E-state index contributed by atoms with van der Waals surface area (Å²) in [6.07, 6.45) is 1.50. The summed E-state index contributed by atoms with van der Waals surface area (Å²) in [6.45, 7) is 0.398. The molecule has 0 radical (unpaired) electrons. The average molecular weight is 322 g/mol. The van der Waals surface area contributed by atoms with Crippen LogP contribution in [0.2, 0.25) is 0 Å². The van der Waals surface area contributed by atoms with E-state index in [1.165, 1.54) is 16.4 Å². The zero-order chi connectivity index (χ0) is 15.0. The molecule has 112 valence electrons. The Morgan fingerprint density at radius 1 is 1.20 bits per heavy atom. The first-order chi connectivity index (χ1) is 9.18. The molecule has 1 aliphatic rings. The van der Waals surface area contributed by atoms with Crippen molar-refractivity contribution in [2.75, 3.05) is 19.3 Å². The van der Waals surface area contributed by atoms with Crippen LogP contribution in [0.25, 0.3) is 0 Å². The fourth-order valence-electron chi connectivity index (χ4n) is 2.03. The van der Waals surface area contributed by atoms with Gasteiger partial charge in [-0.25, -0.2) is 30.3 Å². The highest BCUT2D eigenvalue weighted by Crippen LogP contribution is 2.16. The summed E-state index contributed by atoms with van der Waals surface area (Å²) in [4.78, 5) is -0.0447. The van der Waals surface area contributed by atoms with Crippen LogP contribution in [0.15, 0.2) is 29.2 Å². The minimum atomic E-state index is -3.77. The van der Waals surface area contributed by atoms with Gasteiger partial charge in [0, 0.05) is 19.1 Å². The second-order valence-corrected chi connectivity index (χ2v) is 8.38. The summed E-state index contributed by atoms with van der Waals surface area (Å²) in [7, 11) is -7.08. The first kappa shape index (κ1) is 15.4. The minimum Gasteiger partial charge on any atom is -0.213 e. The van der Waals surface area contributed by atoms with Gasteiger partial charge in [-0.05, 0) is 30.7 Å². The quantitative estimate of drug-likeness (QED) is 0.854. The van der Waals surface area contributed by atoms with E-state index in [0.29, 0.717) is 6.42 Å². The monoisotopic (exact) mass is 322 g/mol. The van der Waals surface area contributed by atoms with Crippen LogP contribution in [0.3, 0.4) is 0 Å².